The van der Waals surface area contributed by atoms with Crippen LogP contribution in [0.15, 0.2) is 0 Å². The van der Waals surface area contributed by atoms with E-state index in [0.29, 0.717) is 0 Å². The molecule has 0 aliphatic rings. The van der Waals surface area contributed by atoms with Gasteiger partial charge in [-0.25, -0.2) is 4.57 Å². The molecule has 0 aliphatic heterocycles. The first kappa shape index (κ1) is 16.4. The average Bonchev–Trinajstić information content (AvgIpc) is 1.35. The summed E-state index contributed by atoms with van der Waals surface area (Å²) in [5.41, 5.74) is 0. The minimum absolute atomic E-state index is 0. The first-order chi connectivity index (χ1) is 2.56. The molecule has 0 aromatic heterocycles. The van der Waals surface area contributed by atoms with Crippen LogP contribution in [0.5, 0.6) is 0 Å². The number of phosphoric acid groups is 1. The van der Waals surface area contributed by atoms with Crippen LogP contribution in [0.4, 0.5) is 0 Å². The van der Waals surface area contributed by atoms with Crippen LogP contribution >= 0.6 is 17.3 Å². The summed E-state index contributed by atoms with van der Waals surface area (Å²) in [4.78, 5) is 15.4. The predicted molar refractivity (Wildman–Crippen MR) is 22.8 cm³/mol. The number of hydrogen-bond donors (Lipinski definition) is 2. The Bertz CT molecular complexity index is 78.1. The van der Waals surface area contributed by atoms with E-state index < -0.39 is 7.82 Å². The second-order valence-corrected chi connectivity index (χ2v) is 2.42. The third kappa shape index (κ3) is 15.7. The molecule has 0 fully saturated rings. The van der Waals surface area contributed by atoms with Crippen LogP contribution in [0.2, 0.25) is 0 Å². The SMILES string of the molecule is O=P(O)(O)OP.[Mo].[V]. The third-order valence-electron chi connectivity index (χ3n) is 0.137. The normalized spacial score (nSPS) is 8.88. The van der Waals surface area contributed by atoms with Crippen molar-refractivity contribution in [3.05, 3.63) is 0 Å². The first-order valence-electron chi connectivity index (χ1n) is 1.00. The summed E-state index contributed by atoms with van der Waals surface area (Å²) in [6, 6.07) is 0. The minimum atomic E-state index is -4.18. The van der Waals surface area contributed by atoms with Crippen molar-refractivity contribution in [3.8, 4) is 0 Å². The van der Waals surface area contributed by atoms with Gasteiger partial charge >= 0.3 is 7.82 Å². The monoisotopic (exact) mass is 279 g/mol. The summed E-state index contributed by atoms with van der Waals surface area (Å²) in [7, 11) is -2.72. The maximum Gasteiger partial charge on any atom is 0.472 e. The quantitative estimate of drug-likeness (QED) is 0.518. The molecule has 8 heavy (non-hydrogen) atoms. The topological polar surface area (TPSA) is 66.8 Å². The van der Waals surface area contributed by atoms with E-state index in [1.54, 1.807) is 0 Å². The van der Waals surface area contributed by atoms with Gasteiger partial charge in [0.1, 0.15) is 0 Å². The fourth-order valence-electron chi connectivity index (χ4n) is 0. The van der Waals surface area contributed by atoms with Crippen LogP contribution in [0.1, 0.15) is 0 Å². The Morgan fingerprint density at radius 3 is 1.62 bits per heavy atom. The molecule has 0 aliphatic carbocycles. The van der Waals surface area contributed by atoms with E-state index in [-0.39, 0.29) is 39.6 Å². The molecular formula is H4MoO4P2V. The predicted octanol–water partition coefficient (Wildman–Crippen LogP) is -0.119. The maximum absolute atomic E-state index is 9.45. The number of rotatable bonds is 1. The van der Waals surface area contributed by atoms with Crippen molar-refractivity contribution in [3.63, 3.8) is 0 Å². The van der Waals surface area contributed by atoms with Gasteiger partial charge in [-0.2, -0.15) is 0 Å². The Hall–Kier alpha value is 1.81. The first-order valence-corrected chi connectivity index (χ1v) is 3.00. The fraction of sp³-hybridized carbons (Fsp3) is 0. The molecule has 0 bridgehead atoms. The standard InChI is InChI=1S/Mo.H4O4P2.V/c;1-6(2,3)4-5;/h;5H2,(H2,1,2,3);. The van der Waals surface area contributed by atoms with Gasteiger partial charge in [-0.05, 0) is 0 Å². The molecular weight excluding hydrogens is 273 g/mol. The third-order valence-corrected chi connectivity index (χ3v) is 1.24. The molecule has 8 heteroatoms. The van der Waals surface area contributed by atoms with Gasteiger partial charge in [0.05, 0.1) is 0 Å². The molecule has 0 aromatic carbocycles. The van der Waals surface area contributed by atoms with Gasteiger partial charge in [0.15, 0.2) is 0 Å². The van der Waals surface area contributed by atoms with Crippen LogP contribution in [0, 0.1) is 0 Å². The molecule has 1 unspecified atom stereocenters. The molecule has 0 aromatic rings. The van der Waals surface area contributed by atoms with Crippen molar-refractivity contribution in [2.24, 2.45) is 0 Å². The van der Waals surface area contributed by atoms with Crippen molar-refractivity contribution >= 4 is 17.3 Å². The van der Waals surface area contributed by atoms with E-state index in [1.807, 2.05) is 0 Å². The second-order valence-electron chi connectivity index (χ2n) is 0.596. The summed E-state index contributed by atoms with van der Waals surface area (Å²) >= 11 is 0. The molecule has 49 valence electrons. The Labute approximate surface area is 75.4 Å². The van der Waals surface area contributed by atoms with E-state index in [1.165, 1.54) is 9.47 Å². The minimum Gasteiger partial charge on any atom is -0.302 e. The largest absolute Gasteiger partial charge is 0.472 e. The van der Waals surface area contributed by atoms with Gasteiger partial charge in [0.2, 0.25) is 0 Å². The van der Waals surface area contributed by atoms with Crippen LogP contribution < -0.4 is 0 Å². The summed E-state index contributed by atoms with van der Waals surface area (Å²) in [6.07, 6.45) is 0. The van der Waals surface area contributed by atoms with Crippen molar-refractivity contribution in [2.45, 2.75) is 0 Å². The summed E-state index contributed by atoms with van der Waals surface area (Å²) in [6.45, 7) is 0. The van der Waals surface area contributed by atoms with Gasteiger partial charge < -0.3 is 9.79 Å². The van der Waals surface area contributed by atoms with Crippen molar-refractivity contribution in [1.82, 2.24) is 0 Å². The summed E-state index contributed by atoms with van der Waals surface area (Å²) < 4.78 is 13.0. The molecule has 0 spiro atoms. The molecule has 4 nitrogen and oxygen atoms in total. The zero-order valence-corrected chi connectivity index (χ0v) is 9.04. The zero-order valence-electron chi connectivity index (χ0n) is 3.59. The van der Waals surface area contributed by atoms with Gasteiger partial charge in [0.25, 0.3) is 0 Å². The van der Waals surface area contributed by atoms with Crippen molar-refractivity contribution in [1.29, 1.82) is 0 Å². The van der Waals surface area contributed by atoms with E-state index in [9.17, 15) is 4.57 Å². The van der Waals surface area contributed by atoms with Crippen molar-refractivity contribution < 1.29 is 58.3 Å². The zero-order chi connectivity index (χ0) is 5.21. The fourth-order valence-corrected chi connectivity index (χ4v) is 0. The molecule has 2 N–H and O–H groups in total. The summed E-state index contributed by atoms with van der Waals surface area (Å²) in [5.74, 6) is 0. The van der Waals surface area contributed by atoms with Crippen LogP contribution in [0.25, 0.3) is 0 Å². The molecule has 1 radical (unpaired) electrons. The number of hydrogen-bond acceptors (Lipinski definition) is 2. The Morgan fingerprint density at radius 1 is 1.50 bits per heavy atom. The molecule has 0 amide bonds. The second kappa shape index (κ2) is 6.93. The van der Waals surface area contributed by atoms with Crippen LogP contribution in [-0.4, -0.2) is 9.79 Å². The summed E-state index contributed by atoms with van der Waals surface area (Å²) in [5, 5.41) is 0. The van der Waals surface area contributed by atoms with Gasteiger partial charge in [-0.3, -0.25) is 4.31 Å². The van der Waals surface area contributed by atoms with E-state index in [0.717, 1.165) is 0 Å². The smallest absolute Gasteiger partial charge is 0.302 e. The molecule has 0 rings (SSSR count). The van der Waals surface area contributed by atoms with Gasteiger partial charge in [-0.15, -0.1) is 0 Å². The van der Waals surface area contributed by atoms with E-state index in [4.69, 9.17) is 9.79 Å². The molecule has 0 saturated heterocycles. The van der Waals surface area contributed by atoms with Crippen LogP contribution in [-0.2, 0) is 48.5 Å². The molecule has 0 heterocycles. The Kier molecular flexibility index (Phi) is 14.2. The Balaban J connectivity index is -0.000000125. The average molecular weight is 277 g/mol. The van der Waals surface area contributed by atoms with Gasteiger partial charge in [-0.1, -0.05) is 0 Å². The van der Waals surface area contributed by atoms with E-state index in [2.05, 4.69) is 4.31 Å². The van der Waals surface area contributed by atoms with Crippen LogP contribution in [0.3, 0.4) is 0 Å². The van der Waals surface area contributed by atoms with E-state index >= 15 is 0 Å². The Morgan fingerprint density at radius 2 is 1.62 bits per heavy atom. The van der Waals surface area contributed by atoms with Gasteiger partial charge in [0, 0.05) is 49.1 Å². The molecule has 1 atom stereocenters. The molecule has 0 saturated carbocycles. The maximum atomic E-state index is 9.45. The van der Waals surface area contributed by atoms with Crippen molar-refractivity contribution in [2.75, 3.05) is 0 Å².